The highest BCUT2D eigenvalue weighted by Gasteiger charge is 2.06. The average Bonchev–Trinajstić information content (AvgIpc) is 2.46. The molecule has 2 aromatic rings. The van der Waals surface area contributed by atoms with Gasteiger partial charge in [-0.1, -0.05) is 56.1 Å². The van der Waals surface area contributed by atoms with Crippen LogP contribution in [0.15, 0.2) is 45.3 Å². The predicted octanol–water partition coefficient (Wildman–Crippen LogP) is 4.78. The van der Waals surface area contributed by atoms with Gasteiger partial charge in [-0.3, -0.25) is 10.1 Å². The minimum Gasteiger partial charge on any atom is -0.392 e. The summed E-state index contributed by atoms with van der Waals surface area (Å²) in [5, 5.41) is 19.9. The zero-order valence-corrected chi connectivity index (χ0v) is 14.0. The van der Waals surface area contributed by atoms with Gasteiger partial charge in [0.2, 0.25) is 0 Å². The number of nitro groups is 1. The van der Waals surface area contributed by atoms with Crippen LogP contribution < -0.4 is 0 Å². The SMILES string of the molecule is O=[N+]([O-])c1cccc(C=Cc2c(Br)cc(CO)cc2Br)c1. The first-order chi connectivity index (χ1) is 10.0. The lowest BCUT2D eigenvalue weighted by Crippen LogP contribution is -1.88. The molecular weight excluding hydrogens is 402 g/mol. The second-order valence-corrected chi connectivity index (χ2v) is 6.03. The van der Waals surface area contributed by atoms with E-state index in [1.165, 1.54) is 12.1 Å². The molecule has 0 aliphatic heterocycles. The van der Waals surface area contributed by atoms with Crippen molar-refractivity contribution in [2.24, 2.45) is 0 Å². The van der Waals surface area contributed by atoms with Crippen LogP contribution in [0.4, 0.5) is 5.69 Å². The van der Waals surface area contributed by atoms with Crippen LogP contribution in [-0.2, 0) is 6.61 Å². The van der Waals surface area contributed by atoms with E-state index in [9.17, 15) is 10.1 Å². The van der Waals surface area contributed by atoms with Crippen molar-refractivity contribution in [3.8, 4) is 0 Å². The molecule has 0 saturated carbocycles. The molecule has 21 heavy (non-hydrogen) atoms. The molecule has 4 nitrogen and oxygen atoms in total. The molecule has 0 amide bonds. The summed E-state index contributed by atoms with van der Waals surface area (Å²) in [5.41, 5.74) is 2.50. The standard InChI is InChI=1S/C15H11Br2NO3/c16-14-7-11(9-19)8-15(17)13(14)5-4-10-2-1-3-12(6-10)18(20)21/h1-8,19H,9H2. The van der Waals surface area contributed by atoms with E-state index in [0.29, 0.717) is 0 Å². The normalized spacial score (nSPS) is 11.0. The monoisotopic (exact) mass is 411 g/mol. The van der Waals surface area contributed by atoms with Crippen LogP contribution in [0.1, 0.15) is 16.7 Å². The molecule has 6 heteroatoms. The van der Waals surface area contributed by atoms with Gasteiger partial charge in [0.15, 0.2) is 0 Å². The van der Waals surface area contributed by atoms with E-state index in [0.717, 1.165) is 25.6 Å². The van der Waals surface area contributed by atoms with Crippen molar-refractivity contribution in [3.05, 3.63) is 72.1 Å². The zero-order chi connectivity index (χ0) is 15.4. The maximum absolute atomic E-state index is 10.7. The van der Waals surface area contributed by atoms with Crippen molar-refractivity contribution in [2.75, 3.05) is 0 Å². The molecule has 2 aromatic carbocycles. The Bertz CT molecular complexity index is 691. The highest BCUT2D eigenvalue weighted by Crippen LogP contribution is 2.29. The quantitative estimate of drug-likeness (QED) is 0.446. The van der Waals surface area contributed by atoms with Gasteiger partial charge in [0.05, 0.1) is 11.5 Å². The predicted molar refractivity (Wildman–Crippen MR) is 89.8 cm³/mol. The minimum atomic E-state index is -0.417. The summed E-state index contributed by atoms with van der Waals surface area (Å²) < 4.78 is 1.67. The molecule has 108 valence electrons. The molecule has 0 fully saturated rings. The van der Waals surface area contributed by atoms with Crippen LogP contribution in [0.3, 0.4) is 0 Å². The Balaban J connectivity index is 2.33. The Morgan fingerprint density at radius 2 is 1.81 bits per heavy atom. The third kappa shape index (κ3) is 4.00. The van der Waals surface area contributed by atoms with Gasteiger partial charge >= 0.3 is 0 Å². The average molecular weight is 413 g/mol. The maximum Gasteiger partial charge on any atom is 0.270 e. The van der Waals surface area contributed by atoms with Crippen LogP contribution in [-0.4, -0.2) is 10.0 Å². The topological polar surface area (TPSA) is 63.4 Å². The van der Waals surface area contributed by atoms with Crippen molar-refractivity contribution in [2.45, 2.75) is 6.61 Å². The number of nitro benzene ring substituents is 1. The smallest absolute Gasteiger partial charge is 0.270 e. The fourth-order valence-electron chi connectivity index (χ4n) is 1.81. The maximum atomic E-state index is 10.7. The van der Waals surface area contributed by atoms with E-state index in [1.54, 1.807) is 18.2 Å². The Morgan fingerprint density at radius 1 is 1.14 bits per heavy atom. The molecule has 0 bridgehead atoms. The molecule has 0 spiro atoms. The minimum absolute atomic E-state index is 0.0356. The van der Waals surface area contributed by atoms with Crippen LogP contribution in [0.25, 0.3) is 12.2 Å². The molecule has 0 atom stereocenters. The highest BCUT2D eigenvalue weighted by molar-refractivity contribution is 9.11. The Kier molecular flexibility index (Phi) is 5.27. The molecule has 0 aromatic heterocycles. The van der Waals surface area contributed by atoms with Crippen molar-refractivity contribution in [3.63, 3.8) is 0 Å². The molecule has 0 unspecified atom stereocenters. The molecule has 0 aliphatic rings. The molecule has 0 saturated heterocycles. The summed E-state index contributed by atoms with van der Waals surface area (Å²) in [4.78, 5) is 10.3. The lowest BCUT2D eigenvalue weighted by Gasteiger charge is -2.05. The Hall–Kier alpha value is -1.50. The number of non-ortho nitro benzene ring substituents is 1. The fourth-order valence-corrected chi connectivity index (χ4v) is 3.35. The number of rotatable bonds is 4. The van der Waals surface area contributed by atoms with Crippen molar-refractivity contribution >= 4 is 49.7 Å². The summed E-state index contributed by atoms with van der Waals surface area (Å²) in [6.45, 7) is -0.0356. The highest BCUT2D eigenvalue weighted by atomic mass is 79.9. The van der Waals surface area contributed by atoms with Gasteiger partial charge in [0.1, 0.15) is 0 Å². The number of hydrogen-bond acceptors (Lipinski definition) is 3. The van der Waals surface area contributed by atoms with Gasteiger partial charge in [-0.25, -0.2) is 0 Å². The van der Waals surface area contributed by atoms with Crippen LogP contribution in [0, 0.1) is 10.1 Å². The van der Waals surface area contributed by atoms with Gasteiger partial charge in [0.25, 0.3) is 5.69 Å². The zero-order valence-electron chi connectivity index (χ0n) is 10.8. The number of halogens is 2. The first-order valence-electron chi connectivity index (χ1n) is 6.02. The second-order valence-electron chi connectivity index (χ2n) is 4.32. The number of nitrogens with zero attached hydrogens (tertiary/aromatic N) is 1. The Morgan fingerprint density at radius 3 is 2.38 bits per heavy atom. The number of hydrogen-bond donors (Lipinski definition) is 1. The van der Waals surface area contributed by atoms with E-state index >= 15 is 0 Å². The lowest BCUT2D eigenvalue weighted by atomic mass is 10.1. The van der Waals surface area contributed by atoms with Gasteiger partial charge in [0, 0.05) is 26.6 Å². The summed E-state index contributed by atoms with van der Waals surface area (Å²) in [6, 6.07) is 10.1. The lowest BCUT2D eigenvalue weighted by molar-refractivity contribution is -0.384. The Labute approximate surface area is 138 Å². The van der Waals surface area contributed by atoms with Gasteiger partial charge < -0.3 is 5.11 Å². The van der Waals surface area contributed by atoms with E-state index in [1.807, 2.05) is 18.2 Å². The van der Waals surface area contributed by atoms with E-state index in [4.69, 9.17) is 5.11 Å². The summed E-state index contributed by atoms with van der Waals surface area (Å²) in [5.74, 6) is 0. The van der Waals surface area contributed by atoms with Crippen molar-refractivity contribution < 1.29 is 10.0 Å². The van der Waals surface area contributed by atoms with Gasteiger partial charge in [-0.15, -0.1) is 0 Å². The molecule has 0 radical (unpaired) electrons. The van der Waals surface area contributed by atoms with E-state index < -0.39 is 4.92 Å². The first-order valence-corrected chi connectivity index (χ1v) is 7.61. The number of benzene rings is 2. The van der Waals surface area contributed by atoms with Crippen LogP contribution in [0.5, 0.6) is 0 Å². The van der Waals surface area contributed by atoms with Gasteiger partial charge in [-0.05, 0) is 23.3 Å². The van der Waals surface area contributed by atoms with Crippen LogP contribution in [0.2, 0.25) is 0 Å². The van der Waals surface area contributed by atoms with Crippen molar-refractivity contribution in [1.82, 2.24) is 0 Å². The summed E-state index contributed by atoms with van der Waals surface area (Å²) in [6.07, 6.45) is 3.66. The molecular formula is C15H11Br2NO3. The second kappa shape index (κ2) is 6.98. The van der Waals surface area contributed by atoms with E-state index in [-0.39, 0.29) is 12.3 Å². The molecule has 1 N–H and O–H groups in total. The summed E-state index contributed by atoms with van der Waals surface area (Å²) in [7, 11) is 0. The third-order valence-corrected chi connectivity index (χ3v) is 4.16. The fraction of sp³-hybridized carbons (Fsp3) is 0.0667. The molecule has 2 rings (SSSR count). The summed E-state index contributed by atoms with van der Waals surface area (Å²) >= 11 is 6.90. The largest absolute Gasteiger partial charge is 0.392 e. The number of aliphatic hydroxyl groups is 1. The first kappa shape index (κ1) is 15.9. The molecule has 0 aliphatic carbocycles. The van der Waals surface area contributed by atoms with E-state index in [2.05, 4.69) is 31.9 Å². The van der Waals surface area contributed by atoms with Crippen molar-refractivity contribution in [1.29, 1.82) is 0 Å². The number of aliphatic hydroxyl groups excluding tert-OH is 1. The third-order valence-electron chi connectivity index (χ3n) is 2.84. The van der Waals surface area contributed by atoms with Gasteiger partial charge in [-0.2, -0.15) is 0 Å². The van der Waals surface area contributed by atoms with Crippen LogP contribution >= 0.6 is 31.9 Å². The molecule has 0 heterocycles.